The van der Waals surface area contributed by atoms with Gasteiger partial charge in [-0.05, 0) is 29.8 Å². The summed E-state index contributed by atoms with van der Waals surface area (Å²) in [7, 11) is 1.79. The predicted molar refractivity (Wildman–Crippen MR) is 91.2 cm³/mol. The smallest absolute Gasteiger partial charge is 0.232 e. The quantitative estimate of drug-likeness (QED) is 0.769. The Labute approximate surface area is 144 Å². The van der Waals surface area contributed by atoms with Crippen molar-refractivity contribution in [2.24, 2.45) is 0 Å². The lowest BCUT2D eigenvalue weighted by molar-refractivity contribution is -0.127. The monoisotopic (exact) mass is 349 g/mol. The Kier molecular flexibility index (Phi) is 4.98. The molecule has 0 radical (unpaired) electrons. The van der Waals surface area contributed by atoms with Gasteiger partial charge in [-0.1, -0.05) is 29.8 Å². The van der Waals surface area contributed by atoms with Crippen molar-refractivity contribution in [1.29, 1.82) is 0 Å². The molecule has 2 aromatic carbocycles. The van der Waals surface area contributed by atoms with Crippen LogP contribution in [-0.2, 0) is 11.3 Å². The van der Waals surface area contributed by atoms with Crippen LogP contribution < -0.4 is 9.47 Å². The SMILES string of the molecule is CN(Cc1ccc2c(c1)OCO2)C(=O)CSc1ccccc1Cl. The average Bonchev–Trinajstić information content (AvgIpc) is 3.01. The van der Waals surface area contributed by atoms with E-state index in [1.54, 1.807) is 11.9 Å². The Morgan fingerprint density at radius 2 is 2.00 bits per heavy atom. The van der Waals surface area contributed by atoms with Crippen molar-refractivity contribution < 1.29 is 14.3 Å². The second-order valence-corrected chi connectivity index (χ2v) is 6.58. The standard InChI is InChI=1S/C17H16ClNO3S/c1-19(9-12-6-7-14-15(8-12)22-11-21-14)17(20)10-23-16-5-3-2-4-13(16)18/h2-8H,9-11H2,1H3. The molecule has 1 aliphatic rings. The van der Waals surface area contributed by atoms with Gasteiger partial charge >= 0.3 is 0 Å². The zero-order valence-electron chi connectivity index (χ0n) is 12.6. The van der Waals surface area contributed by atoms with Crippen LogP contribution in [0.15, 0.2) is 47.4 Å². The summed E-state index contributed by atoms with van der Waals surface area (Å²) in [6, 6.07) is 13.2. The predicted octanol–water partition coefficient (Wildman–Crippen LogP) is 3.82. The van der Waals surface area contributed by atoms with Crippen LogP contribution in [0.4, 0.5) is 0 Å². The Morgan fingerprint density at radius 1 is 1.22 bits per heavy atom. The molecule has 2 aromatic rings. The number of carbonyl (C=O) groups is 1. The van der Waals surface area contributed by atoms with Crippen LogP contribution in [-0.4, -0.2) is 30.4 Å². The topological polar surface area (TPSA) is 38.8 Å². The third-order valence-electron chi connectivity index (χ3n) is 3.47. The molecule has 0 aliphatic carbocycles. The highest BCUT2D eigenvalue weighted by Gasteiger charge is 2.15. The lowest BCUT2D eigenvalue weighted by Crippen LogP contribution is -2.27. The molecule has 1 heterocycles. The van der Waals surface area contributed by atoms with Crippen molar-refractivity contribution in [3.8, 4) is 11.5 Å². The number of thioether (sulfide) groups is 1. The number of fused-ring (bicyclic) bond motifs is 1. The van der Waals surface area contributed by atoms with Crippen LogP contribution in [0, 0.1) is 0 Å². The molecular weight excluding hydrogens is 334 g/mol. The van der Waals surface area contributed by atoms with E-state index in [0.717, 1.165) is 22.0 Å². The number of benzene rings is 2. The van der Waals surface area contributed by atoms with E-state index >= 15 is 0 Å². The molecule has 0 fully saturated rings. The fourth-order valence-corrected chi connectivity index (χ4v) is 3.39. The number of ether oxygens (including phenoxy) is 2. The first-order valence-corrected chi connectivity index (χ1v) is 8.49. The second kappa shape index (κ2) is 7.15. The molecule has 0 aromatic heterocycles. The second-order valence-electron chi connectivity index (χ2n) is 5.16. The van der Waals surface area contributed by atoms with Crippen molar-refractivity contribution in [3.05, 3.63) is 53.1 Å². The van der Waals surface area contributed by atoms with Crippen LogP contribution in [0.3, 0.4) is 0 Å². The Morgan fingerprint density at radius 3 is 2.83 bits per heavy atom. The van der Waals surface area contributed by atoms with E-state index < -0.39 is 0 Å². The summed E-state index contributed by atoms with van der Waals surface area (Å²) in [6.07, 6.45) is 0. The fourth-order valence-electron chi connectivity index (χ4n) is 2.21. The molecule has 0 spiro atoms. The van der Waals surface area contributed by atoms with Gasteiger partial charge in [0, 0.05) is 18.5 Å². The van der Waals surface area contributed by atoms with Gasteiger partial charge in [0.2, 0.25) is 12.7 Å². The average molecular weight is 350 g/mol. The Bertz CT molecular complexity index is 723. The largest absolute Gasteiger partial charge is 0.454 e. The molecule has 4 nitrogen and oxygen atoms in total. The maximum Gasteiger partial charge on any atom is 0.232 e. The number of hydrogen-bond donors (Lipinski definition) is 0. The minimum atomic E-state index is 0.0487. The number of rotatable bonds is 5. The highest BCUT2D eigenvalue weighted by molar-refractivity contribution is 8.00. The Balaban J connectivity index is 1.56. The molecular formula is C17H16ClNO3S. The number of amides is 1. The molecule has 0 unspecified atom stereocenters. The first-order chi connectivity index (χ1) is 11.1. The number of nitrogens with zero attached hydrogens (tertiary/aromatic N) is 1. The summed E-state index contributed by atoms with van der Waals surface area (Å²) < 4.78 is 10.6. The first-order valence-electron chi connectivity index (χ1n) is 7.13. The lowest BCUT2D eigenvalue weighted by atomic mass is 10.2. The van der Waals surface area contributed by atoms with Gasteiger partial charge in [0.05, 0.1) is 10.8 Å². The van der Waals surface area contributed by atoms with Crippen molar-refractivity contribution in [1.82, 2.24) is 4.90 Å². The van der Waals surface area contributed by atoms with Crippen molar-refractivity contribution in [2.45, 2.75) is 11.4 Å². The van der Waals surface area contributed by atoms with E-state index in [2.05, 4.69) is 0 Å². The molecule has 0 N–H and O–H groups in total. The van der Waals surface area contributed by atoms with Crippen molar-refractivity contribution in [3.63, 3.8) is 0 Å². The van der Waals surface area contributed by atoms with Gasteiger partial charge in [-0.25, -0.2) is 0 Å². The van der Waals surface area contributed by atoms with Crippen LogP contribution in [0.25, 0.3) is 0 Å². The highest BCUT2D eigenvalue weighted by Crippen LogP contribution is 2.33. The van der Waals surface area contributed by atoms with Gasteiger partial charge in [0.25, 0.3) is 0 Å². The molecule has 6 heteroatoms. The normalized spacial score (nSPS) is 12.3. The summed E-state index contributed by atoms with van der Waals surface area (Å²) in [5, 5.41) is 0.670. The van der Waals surface area contributed by atoms with Crippen LogP contribution in [0.1, 0.15) is 5.56 Å². The van der Waals surface area contributed by atoms with Crippen molar-refractivity contribution >= 4 is 29.3 Å². The van der Waals surface area contributed by atoms with Gasteiger partial charge in [-0.3, -0.25) is 4.79 Å². The summed E-state index contributed by atoms with van der Waals surface area (Å²) in [5.41, 5.74) is 1.01. The van der Waals surface area contributed by atoms with E-state index in [9.17, 15) is 4.79 Å². The number of carbonyl (C=O) groups excluding carboxylic acids is 1. The van der Waals surface area contributed by atoms with Gasteiger partial charge < -0.3 is 14.4 Å². The molecule has 3 rings (SSSR count). The summed E-state index contributed by atoms with van der Waals surface area (Å²) in [6.45, 7) is 0.778. The number of halogens is 1. The molecule has 1 amide bonds. The van der Waals surface area contributed by atoms with Crippen LogP contribution in [0.5, 0.6) is 11.5 Å². The van der Waals surface area contributed by atoms with Crippen LogP contribution in [0.2, 0.25) is 5.02 Å². The van der Waals surface area contributed by atoms with Gasteiger partial charge in [-0.2, -0.15) is 0 Å². The lowest BCUT2D eigenvalue weighted by Gasteiger charge is -2.17. The molecule has 0 bridgehead atoms. The van der Waals surface area contributed by atoms with Gasteiger partial charge in [0.1, 0.15) is 0 Å². The van der Waals surface area contributed by atoms with E-state index in [1.165, 1.54) is 11.8 Å². The maximum absolute atomic E-state index is 12.3. The molecule has 0 atom stereocenters. The molecule has 0 saturated heterocycles. The fraction of sp³-hybridized carbons (Fsp3) is 0.235. The van der Waals surface area contributed by atoms with E-state index in [0.29, 0.717) is 17.3 Å². The molecule has 23 heavy (non-hydrogen) atoms. The third-order valence-corrected chi connectivity index (χ3v) is 4.97. The van der Waals surface area contributed by atoms with Crippen LogP contribution >= 0.6 is 23.4 Å². The first kappa shape index (κ1) is 16.0. The summed E-state index contributed by atoms with van der Waals surface area (Å²) >= 11 is 7.55. The molecule has 120 valence electrons. The van der Waals surface area contributed by atoms with E-state index in [4.69, 9.17) is 21.1 Å². The summed E-state index contributed by atoms with van der Waals surface area (Å²) in [4.78, 5) is 14.9. The van der Waals surface area contributed by atoms with Crippen molar-refractivity contribution in [2.75, 3.05) is 19.6 Å². The maximum atomic E-state index is 12.3. The Hall–Kier alpha value is -1.85. The van der Waals surface area contributed by atoms with E-state index in [-0.39, 0.29) is 12.7 Å². The van der Waals surface area contributed by atoms with Gasteiger partial charge in [-0.15, -0.1) is 11.8 Å². The zero-order chi connectivity index (χ0) is 16.2. The molecule has 0 saturated carbocycles. The minimum Gasteiger partial charge on any atom is -0.454 e. The highest BCUT2D eigenvalue weighted by atomic mass is 35.5. The van der Waals surface area contributed by atoms with Gasteiger partial charge in [0.15, 0.2) is 11.5 Å². The third kappa shape index (κ3) is 3.92. The number of hydrogen-bond acceptors (Lipinski definition) is 4. The molecule has 1 aliphatic heterocycles. The zero-order valence-corrected chi connectivity index (χ0v) is 14.2. The summed E-state index contributed by atoms with van der Waals surface area (Å²) in [5.74, 6) is 1.88. The minimum absolute atomic E-state index is 0.0487. The van der Waals surface area contributed by atoms with E-state index in [1.807, 2.05) is 42.5 Å².